The van der Waals surface area contributed by atoms with Crippen LogP contribution in [0.4, 0.5) is 10.1 Å². The summed E-state index contributed by atoms with van der Waals surface area (Å²) in [5, 5.41) is 2.79. The second kappa shape index (κ2) is 8.37. The van der Waals surface area contributed by atoms with E-state index in [1.54, 1.807) is 24.3 Å². The van der Waals surface area contributed by atoms with Gasteiger partial charge in [0.2, 0.25) is 5.91 Å². The molecule has 2 amide bonds. The van der Waals surface area contributed by atoms with Gasteiger partial charge in [-0.1, -0.05) is 42.5 Å². The molecule has 0 saturated carbocycles. The number of carbonyl (C=O) groups excluding carboxylic acids is 2. The first kappa shape index (κ1) is 19.6. The molecule has 6 heteroatoms. The summed E-state index contributed by atoms with van der Waals surface area (Å²) >= 11 is 0. The van der Waals surface area contributed by atoms with E-state index in [1.807, 2.05) is 37.3 Å². The van der Waals surface area contributed by atoms with Crippen LogP contribution < -0.4 is 10.1 Å². The van der Waals surface area contributed by atoms with Crippen LogP contribution in [0.2, 0.25) is 0 Å². The van der Waals surface area contributed by atoms with E-state index in [2.05, 4.69) is 5.32 Å². The van der Waals surface area contributed by atoms with E-state index < -0.39 is 11.9 Å². The number of para-hydroxylation sites is 1. The number of fused-ring (bicyclic) bond motifs is 1. The number of halogens is 1. The first-order valence-electron chi connectivity index (χ1n) is 9.75. The molecule has 0 aromatic heterocycles. The fourth-order valence-corrected chi connectivity index (χ4v) is 3.74. The molecule has 0 bridgehead atoms. The van der Waals surface area contributed by atoms with Gasteiger partial charge in [-0.3, -0.25) is 9.59 Å². The van der Waals surface area contributed by atoms with Crippen molar-refractivity contribution in [2.75, 3.05) is 18.5 Å². The molecule has 1 aliphatic rings. The van der Waals surface area contributed by atoms with Crippen molar-refractivity contribution in [2.45, 2.75) is 13.0 Å². The minimum Gasteiger partial charge on any atom is -0.493 e. The van der Waals surface area contributed by atoms with Crippen LogP contribution in [0.1, 0.15) is 34.5 Å². The largest absolute Gasteiger partial charge is 0.493 e. The number of rotatable bonds is 4. The molecular weight excluding hydrogens is 383 g/mol. The monoisotopic (exact) mass is 404 g/mol. The smallest absolute Gasteiger partial charge is 0.258 e. The zero-order valence-electron chi connectivity index (χ0n) is 16.5. The highest BCUT2D eigenvalue weighted by Crippen LogP contribution is 2.37. The van der Waals surface area contributed by atoms with Crippen molar-refractivity contribution < 1.29 is 18.7 Å². The van der Waals surface area contributed by atoms with E-state index in [4.69, 9.17) is 4.74 Å². The molecule has 30 heavy (non-hydrogen) atoms. The summed E-state index contributed by atoms with van der Waals surface area (Å²) < 4.78 is 19.8. The Kier molecular flexibility index (Phi) is 5.48. The summed E-state index contributed by atoms with van der Waals surface area (Å²) in [4.78, 5) is 27.7. The van der Waals surface area contributed by atoms with Crippen LogP contribution in [0, 0.1) is 5.82 Å². The quantitative estimate of drug-likeness (QED) is 0.701. The highest BCUT2D eigenvalue weighted by atomic mass is 19.1. The lowest BCUT2D eigenvalue weighted by atomic mass is 9.95. The van der Waals surface area contributed by atoms with E-state index >= 15 is 0 Å². The van der Waals surface area contributed by atoms with E-state index in [0.717, 1.165) is 5.56 Å². The zero-order valence-corrected chi connectivity index (χ0v) is 16.5. The van der Waals surface area contributed by atoms with Gasteiger partial charge >= 0.3 is 0 Å². The second-order valence-corrected chi connectivity index (χ2v) is 6.96. The Bertz CT molecular complexity index is 1080. The lowest BCUT2D eigenvalue weighted by Gasteiger charge is -2.31. The van der Waals surface area contributed by atoms with Crippen molar-refractivity contribution in [2.24, 2.45) is 0 Å². The maximum absolute atomic E-state index is 14.2. The summed E-state index contributed by atoms with van der Waals surface area (Å²) in [5.74, 6) is -0.697. The molecule has 1 N–H and O–H groups in total. The SMILES string of the molecule is CCOc1ccccc1C(=O)N1CC(=O)Nc2ccc(F)cc2[C@@H]1c1ccccc1. The van der Waals surface area contributed by atoms with Crippen molar-refractivity contribution >= 4 is 17.5 Å². The van der Waals surface area contributed by atoms with Gasteiger partial charge in [0.25, 0.3) is 5.91 Å². The van der Waals surface area contributed by atoms with Gasteiger partial charge in [-0.05, 0) is 42.8 Å². The van der Waals surface area contributed by atoms with Gasteiger partial charge in [-0.2, -0.15) is 0 Å². The minimum atomic E-state index is -0.641. The molecule has 5 nitrogen and oxygen atoms in total. The van der Waals surface area contributed by atoms with Gasteiger partial charge in [0.15, 0.2) is 0 Å². The van der Waals surface area contributed by atoms with Crippen LogP contribution in [0.3, 0.4) is 0 Å². The first-order chi connectivity index (χ1) is 14.6. The number of amides is 2. The standard InChI is InChI=1S/C24H21FN2O3/c1-2-30-21-11-7-6-10-18(21)24(29)27-15-22(28)26-20-13-12-17(25)14-19(20)23(27)16-8-4-3-5-9-16/h3-14,23H,2,15H2,1H3,(H,26,28)/t23-/m0/s1. The molecular formula is C24H21FN2O3. The van der Waals surface area contributed by atoms with Crippen molar-refractivity contribution in [1.82, 2.24) is 4.90 Å². The average Bonchev–Trinajstić information content (AvgIpc) is 2.90. The topological polar surface area (TPSA) is 58.6 Å². The highest BCUT2D eigenvalue weighted by Gasteiger charge is 2.35. The Morgan fingerprint density at radius 2 is 1.83 bits per heavy atom. The van der Waals surface area contributed by atoms with E-state index in [9.17, 15) is 14.0 Å². The highest BCUT2D eigenvalue weighted by molar-refractivity contribution is 6.02. The Hall–Kier alpha value is -3.67. The predicted molar refractivity (Wildman–Crippen MR) is 112 cm³/mol. The molecule has 0 aliphatic carbocycles. The van der Waals surface area contributed by atoms with Crippen LogP contribution in [-0.4, -0.2) is 29.9 Å². The summed E-state index contributed by atoms with van der Waals surface area (Å²) in [5.41, 5.74) is 2.15. The van der Waals surface area contributed by atoms with Crippen molar-refractivity contribution in [3.05, 3.63) is 95.3 Å². The molecule has 4 rings (SSSR count). The molecule has 0 fully saturated rings. The third-order valence-corrected chi connectivity index (χ3v) is 5.00. The molecule has 3 aromatic carbocycles. The van der Waals surface area contributed by atoms with Gasteiger partial charge in [-0.15, -0.1) is 0 Å². The summed E-state index contributed by atoms with van der Waals surface area (Å²) in [6, 6.07) is 19.8. The summed E-state index contributed by atoms with van der Waals surface area (Å²) in [6.07, 6.45) is 0. The van der Waals surface area contributed by atoms with Gasteiger partial charge in [0.05, 0.1) is 18.2 Å². The number of anilines is 1. The summed E-state index contributed by atoms with van der Waals surface area (Å²) in [6.45, 7) is 2.07. The van der Waals surface area contributed by atoms with E-state index in [-0.39, 0.29) is 18.4 Å². The number of nitrogens with one attached hydrogen (secondary N) is 1. The molecule has 1 atom stereocenters. The number of carbonyl (C=O) groups is 2. The Labute approximate surface area is 174 Å². The number of benzene rings is 3. The van der Waals surface area contributed by atoms with Crippen LogP contribution in [0.25, 0.3) is 0 Å². The second-order valence-electron chi connectivity index (χ2n) is 6.96. The van der Waals surface area contributed by atoms with E-state index in [0.29, 0.717) is 29.2 Å². The molecule has 1 heterocycles. The Morgan fingerprint density at radius 3 is 2.60 bits per heavy atom. The number of nitrogens with zero attached hydrogens (tertiary/aromatic N) is 1. The fraction of sp³-hybridized carbons (Fsp3) is 0.167. The van der Waals surface area contributed by atoms with Crippen molar-refractivity contribution in [3.63, 3.8) is 0 Å². The zero-order chi connectivity index (χ0) is 21.1. The van der Waals surface area contributed by atoms with E-state index in [1.165, 1.54) is 23.1 Å². The fourth-order valence-electron chi connectivity index (χ4n) is 3.74. The van der Waals surface area contributed by atoms with Crippen LogP contribution >= 0.6 is 0 Å². The molecule has 0 spiro atoms. The molecule has 152 valence electrons. The maximum atomic E-state index is 14.2. The molecule has 0 radical (unpaired) electrons. The van der Waals surface area contributed by atoms with Gasteiger partial charge < -0.3 is 15.0 Å². The predicted octanol–water partition coefficient (Wildman–Crippen LogP) is 4.41. The third-order valence-electron chi connectivity index (χ3n) is 5.00. The lowest BCUT2D eigenvalue weighted by molar-refractivity contribution is -0.117. The normalized spacial score (nSPS) is 15.7. The average molecular weight is 404 g/mol. The van der Waals surface area contributed by atoms with Crippen molar-refractivity contribution in [3.8, 4) is 5.75 Å². The van der Waals surface area contributed by atoms with Crippen molar-refractivity contribution in [1.29, 1.82) is 0 Å². The van der Waals surface area contributed by atoms with Crippen LogP contribution in [0.5, 0.6) is 5.75 Å². The number of hydrogen-bond acceptors (Lipinski definition) is 3. The Balaban J connectivity index is 1.88. The minimum absolute atomic E-state index is 0.171. The molecule has 1 aliphatic heterocycles. The molecule has 0 unspecified atom stereocenters. The first-order valence-corrected chi connectivity index (χ1v) is 9.75. The van der Waals surface area contributed by atoms with Gasteiger partial charge in [-0.25, -0.2) is 4.39 Å². The van der Waals surface area contributed by atoms with Crippen LogP contribution in [0.15, 0.2) is 72.8 Å². The third kappa shape index (κ3) is 3.76. The van der Waals surface area contributed by atoms with Crippen LogP contribution in [-0.2, 0) is 4.79 Å². The lowest BCUT2D eigenvalue weighted by Crippen LogP contribution is -2.39. The van der Waals surface area contributed by atoms with Gasteiger partial charge in [0.1, 0.15) is 18.1 Å². The molecule has 0 saturated heterocycles. The van der Waals surface area contributed by atoms with Gasteiger partial charge in [0, 0.05) is 11.3 Å². The summed E-state index contributed by atoms with van der Waals surface area (Å²) in [7, 11) is 0. The maximum Gasteiger partial charge on any atom is 0.258 e. The Morgan fingerprint density at radius 1 is 1.10 bits per heavy atom. The molecule has 3 aromatic rings. The number of hydrogen-bond donors (Lipinski definition) is 1. The number of ether oxygens (including phenoxy) is 1.